The topological polar surface area (TPSA) is 115 Å². The molecule has 2 aromatic rings. The number of benzene rings is 2. The molecule has 10 heteroatoms. The zero-order valence-corrected chi connectivity index (χ0v) is 20.2. The third kappa shape index (κ3) is 8.08. The fourth-order valence-electron chi connectivity index (χ4n) is 2.79. The summed E-state index contributed by atoms with van der Waals surface area (Å²) in [5.41, 5.74) is 3.47. The fraction of sp³-hybridized carbons (Fsp3) is 0.333. The Bertz CT molecular complexity index is 1020. The van der Waals surface area contributed by atoms with Crippen LogP contribution in [0, 0.1) is 5.92 Å². The molecular formula is C24H28ClN3O6. The Labute approximate surface area is 203 Å². The highest BCUT2D eigenvalue weighted by Crippen LogP contribution is 2.28. The van der Waals surface area contributed by atoms with Crippen LogP contribution in [0.4, 0.5) is 0 Å². The number of carbonyl (C=O) groups is 3. The van der Waals surface area contributed by atoms with Crippen molar-refractivity contribution in [1.29, 1.82) is 0 Å². The first-order valence-electron chi connectivity index (χ1n) is 10.6. The number of halogens is 1. The van der Waals surface area contributed by atoms with Crippen molar-refractivity contribution in [3.05, 3.63) is 58.6 Å². The van der Waals surface area contributed by atoms with Crippen LogP contribution in [0.2, 0.25) is 5.02 Å². The molecule has 0 heterocycles. The van der Waals surface area contributed by atoms with Gasteiger partial charge in [0, 0.05) is 10.6 Å². The van der Waals surface area contributed by atoms with Crippen LogP contribution in [0.3, 0.4) is 0 Å². The number of hydrazone groups is 1. The number of ether oxygens (including phenoxy) is 3. The number of amides is 2. The van der Waals surface area contributed by atoms with E-state index in [9.17, 15) is 14.4 Å². The summed E-state index contributed by atoms with van der Waals surface area (Å²) in [5.74, 6) is -0.758. The summed E-state index contributed by atoms with van der Waals surface area (Å²) in [7, 11) is 1.27. The second kappa shape index (κ2) is 13.2. The smallest absolute Gasteiger partial charge is 0.343 e. The summed E-state index contributed by atoms with van der Waals surface area (Å²) in [5, 5.41) is 7.22. The lowest BCUT2D eigenvalue weighted by Crippen LogP contribution is -2.48. The second-order valence-corrected chi connectivity index (χ2v) is 7.88. The molecule has 1 atom stereocenters. The third-order valence-electron chi connectivity index (χ3n) is 4.57. The Morgan fingerprint density at radius 1 is 1.06 bits per heavy atom. The predicted octanol–water partition coefficient (Wildman–Crippen LogP) is 3.20. The molecule has 0 saturated carbocycles. The average molecular weight is 490 g/mol. The van der Waals surface area contributed by atoms with Crippen molar-refractivity contribution in [3.63, 3.8) is 0 Å². The van der Waals surface area contributed by atoms with Crippen LogP contribution in [0.15, 0.2) is 47.6 Å². The van der Waals surface area contributed by atoms with E-state index in [1.54, 1.807) is 42.5 Å². The first-order chi connectivity index (χ1) is 16.2. The number of esters is 1. The summed E-state index contributed by atoms with van der Waals surface area (Å²) in [6, 6.07) is 10.6. The van der Waals surface area contributed by atoms with Crippen LogP contribution in [0.25, 0.3) is 0 Å². The lowest BCUT2D eigenvalue weighted by atomic mass is 10.0. The van der Waals surface area contributed by atoms with E-state index in [0.29, 0.717) is 34.3 Å². The van der Waals surface area contributed by atoms with E-state index in [2.05, 4.69) is 20.6 Å². The minimum absolute atomic E-state index is 0.178. The molecule has 2 N–H and O–H groups in total. The van der Waals surface area contributed by atoms with Gasteiger partial charge in [0.1, 0.15) is 6.04 Å². The molecule has 0 aliphatic heterocycles. The number of hydrogen-bond acceptors (Lipinski definition) is 7. The Kier molecular flexibility index (Phi) is 10.3. The summed E-state index contributed by atoms with van der Waals surface area (Å²) < 4.78 is 15.5. The lowest BCUT2D eigenvalue weighted by Gasteiger charge is -2.20. The van der Waals surface area contributed by atoms with E-state index in [1.165, 1.54) is 13.3 Å². The zero-order valence-electron chi connectivity index (χ0n) is 19.5. The Balaban J connectivity index is 2.04. The molecule has 2 amide bonds. The summed E-state index contributed by atoms with van der Waals surface area (Å²) in [6.07, 6.45) is 1.43. The maximum Gasteiger partial charge on any atom is 0.343 e. The van der Waals surface area contributed by atoms with E-state index in [-0.39, 0.29) is 12.5 Å². The van der Waals surface area contributed by atoms with E-state index in [4.69, 9.17) is 21.1 Å². The van der Waals surface area contributed by atoms with Crippen molar-refractivity contribution >= 4 is 35.6 Å². The molecule has 0 aliphatic rings. The van der Waals surface area contributed by atoms with Crippen LogP contribution in [-0.2, 0) is 14.3 Å². The van der Waals surface area contributed by atoms with E-state index < -0.39 is 23.8 Å². The van der Waals surface area contributed by atoms with Gasteiger partial charge in [-0.15, -0.1) is 0 Å². The van der Waals surface area contributed by atoms with Gasteiger partial charge in [-0.1, -0.05) is 25.4 Å². The standard InChI is InChI=1S/C24H28ClN3O6/c1-5-33-20-12-16(6-11-19(20)34-14-21(29)32-4)13-26-28-24(31)22(15(2)3)27-23(30)17-7-9-18(25)10-8-17/h6-13,15,22H,5,14H2,1-4H3,(H,27,30)(H,28,31). The maximum absolute atomic E-state index is 12.6. The molecule has 2 aromatic carbocycles. The molecule has 0 radical (unpaired) electrons. The van der Waals surface area contributed by atoms with Crippen molar-refractivity contribution in [2.24, 2.45) is 11.0 Å². The summed E-state index contributed by atoms with van der Waals surface area (Å²) in [6.45, 7) is 5.58. The predicted molar refractivity (Wildman–Crippen MR) is 128 cm³/mol. The lowest BCUT2D eigenvalue weighted by molar-refractivity contribution is -0.142. The molecule has 182 valence electrons. The number of nitrogens with one attached hydrogen (secondary N) is 2. The van der Waals surface area contributed by atoms with Gasteiger partial charge in [0.05, 0.1) is 19.9 Å². The first kappa shape index (κ1) is 26.7. The molecular weight excluding hydrogens is 462 g/mol. The average Bonchev–Trinajstić information content (AvgIpc) is 2.81. The number of hydrogen-bond donors (Lipinski definition) is 2. The van der Waals surface area contributed by atoms with Gasteiger partial charge in [0.2, 0.25) is 0 Å². The Morgan fingerprint density at radius 3 is 2.38 bits per heavy atom. The van der Waals surface area contributed by atoms with Crippen molar-refractivity contribution in [1.82, 2.24) is 10.7 Å². The summed E-state index contributed by atoms with van der Waals surface area (Å²) in [4.78, 5) is 36.4. The van der Waals surface area contributed by atoms with Gasteiger partial charge in [0.25, 0.3) is 11.8 Å². The molecule has 0 aromatic heterocycles. The van der Waals surface area contributed by atoms with Crippen molar-refractivity contribution < 1.29 is 28.6 Å². The number of nitrogens with zero attached hydrogens (tertiary/aromatic N) is 1. The van der Waals surface area contributed by atoms with Gasteiger partial charge < -0.3 is 19.5 Å². The number of rotatable bonds is 11. The van der Waals surface area contributed by atoms with Gasteiger partial charge in [0.15, 0.2) is 18.1 Å². The van der Waals surface area contributed by atoms with Crippen LogP contribution in [0.5, 0.6) is 11.5 Å². The van der Waals surface area contributed by atoms with Gasteiger partial charge in [-0.05, 0) is 60.9 Å². The number of methoxy groups -OCH3 is 1. The highest BCUT2D eigenvalue weighted by Gasteiger charge is 2.24. The normalized spacial score (nSPS) is 11.7. The van der Waals surface area contributed by atoms with Gasteiger partial charge in [-0.3, -0.25) is 9.59 Å². The monoisotopic (exact) mass is 489 g/mol. The number of carbonyl (C=O) groups excluding carboxylic acids is 3. The van der Waals surface area contributed by atoms with Crippen molar-refractivity contribution in [2.75, 3.05) is 20.3 Å². The SMILES string of the molecule is CCOc1cc(C=NNC(=O)C(NC(=O)c2ccc(Cl)cc2)C(C)C)ccc1OCC(=O)OC. The van der Waals surface area contributed by atoms with Crippen molar-refractivity contribution in [3.8, 4) is 11.5 Å². The highest BCUT2D eigenvalue weighted by atomic mass is 35.5. The van der Waals surface area contributed by atoms with E-state index >= 15 is 0 Å². The third-order valence-corrected chi connectivity index (χ3v) is 4.82. The second-order valence-electron chi connectivity index (χ2n) is 7.44. The van der Waals surface area contributed by atoms with Crippen LogP contribution < -0.4 is 20.2 Å². The van der Waals surface area contributed by atoms with Gasteiger partial charge >= 0.3 is 5.97 Å². The molecule has 0 spiro atoms. The Hall–Kier alpha value is -3.59. The molecule has 0 fully saturated rings. The molecule has 1 unspecified atom stereocenters. The fourth-order valence-corrected chi connectivity index (χ4v) is 2.91. The first-order valence-corrected chi connectivity index (χ1v) is 11.0. The molecule has 34 heavy (non-hydrogen) atoms. The van der Waals surface area contributed by atoms with Crippen LogP contribution in [0.1, 0.15) is 36.7 Å². The van der Waals surface area contributed by atoms with Crippen LogP contribution >= 0.6 is 11.6 Å². The Morgan fingerprint density at radius 2 is 1.76 bits per heavy atom. The highest BCUT2D eigenvalue weighted by molar-refractivity contribution is 6.30. The largest absolute Gasteiger partial charge is 0.490 e. The van der Waals surface area contributed by atoms with E-state index in [1.807, 2.05) is 20.8 Å². The molecule has 9 nitrogen and oxygen atoms in total. The minimum atomic E-state index is -0.798. The molecule has 0 saturated heterocycles. The molecule has 0 aliphatic carbocycles. The van der Waals surface area contributed by atoms with Gasteiger partial charge in [-0.2, -0.15) is 5.10 Å². The zero-order chi connectivity index (χ0) is 25.1. The van der Waals surface area contributed by atoms with Crippen molar-refractivity contribution in [2.45, 2.75) is 26.8 Å². The maximum atomic E-state index is 12.6. The minimum Gasteiger partial charge on any atom is -0.490 e. The molecule has 0 bridgehead atoms. The van der Waals surface area contributed by atoms with E-state index in [0.717, 1.165) is 0 Å². The summed E-state index contributed by atoms with van der Waals surface area (Å²) >= 11 is 5.86. The van der Waals surface area contributed by atoms with Gasteiger partial charge in [-0.25, -0.2) is 10.2 Å². The quantitative estimate of drug-likeness (QED) is 0.284. The molecule has 2 rings (SSSR count). The van der Waals surface area contributed by atoms with Crippen LogP contribution in [-0.4, -0.2) is 50.4 Å².